The zero-order chi connectivity index (χ0) is 15.2. The topological polar surface area (TPSA) is 90.7 Å². The van der Waals surface area contributed by atoms with Gasteiger partial charge in [-0.15, -0.1) is 0 Å². The summed E-state index contributed by atoms with van der Waals surface area (Å²) in [5, 5.41) is 2.83. The van der Waals surface area contributed by atoms with Crippen molar-refractivity contribution in [3.05, 3.63) is 29.3 Å². The molecule has 1 heterocycles. The van der Waals surface area contributed by atoms with Gasteiger partial charge >= 0.3 is 5.97 Å². The number of hydrogen-bond acceptors (Lipinski definition) is 5. The summed E-state index contributed by atoms with van der Waals surface area (Å²) in [5.41, 5.74) is 7.49. The molecule has 21 heavy (non-hydrogen) atoms. The van der Waals surface area contributed by atoms with Gasteiger partial charge in [-0.25, -0.2) is 4.79 Å². The Balaban J connectivity index is 1.80. The number of carbonyl (C=O) groups excluding carboxylic acids is 2. The fourth-order valence-electron chi connectivity index (χ4n) is 2.13. The molecule has 3 N–H and O–H groups in total. The molecule has 1 saturated heterocycles. The molecule has 1 aromatic carbocycles. The van der Waals surface area contributed by atoms with Crippen molar-refractivity contribution in [1.82, 2.24) is 5.32 Å². The highest BCUT2D eigenvalue weighted by molar-refractivity contribution is 5.92. The fraction of sp³-hybridized carbons (Fsp3) is 0.467. The molecule has 114 valence electrons. The molecule has 1 amide bonds. The largest absolute Gasteiger partial charge is 0.452 e. The zero-order valence-electron chi connectivity index (χ0n) is 12.1. The Labute approximate surface area is 123 Å². The number of nitrogens with two attached hydrogens (primary N) is 1. The Kier molecular flexibility index (Phi) is 5.16. The summed E-state index contributed by atoms with van der Waals surface area (Å²) in [6, 6.07) is 4.98. The van der Waals surface area contributed by atoms with Crippen molar-refractivity contribution in [3.63, 3.8) is 0 Å². The van der Waals surface area contributed by atoms with E-state index < -0.39 is 5.97 Å². The van der Waals surface area contributed by atoms with Crippen LogP contribution < -0.4 is 11.1 Å². The summed E-state index contributed by atoms with van der Waals surface area (Å²) in [5.74, 6) is -0.817. The molecule has 1 fully saturated rings. The van der Waals surface area contributed by atoms with Crippen LogP contribution in [0.2, 0.25) is 0 Å². The number of carbonyl (C=O) groups is 2. The third-order valence-electron chi connectivity index (χ3n) is 3.43. The maximum absolute atomic E-state index is 11.8. The van der Waals surface area contributed by atoms with Gasteiger partial charge < -0.3 is 20.5 Å². The number of aryl methyl sites for hydroxylation is 1. The third kappa shape index (κ3) is 4.46. The van der Waals surface area contributed by atoms with Gasteiger partial charge in [-0.3, -0.25) is 4.79 Å². The molecule has 0 saturated carbocycles. The highest BCUT2D eigenvalue weighted by Crippen LogP contribution is 2.13. The number of nitrogens with one attached hydrogen (secondary N) is 1. The lowest BCUT2D eigenvalue weighted by Gasteiger charge is -2.22. The molecule has 0 atom stereocenters. The molecule has 0 radical (unpaired) electrons. The van der Waals surface area contributed by atoms with E-state index in [2.05, 4.69) is 5.32 Å². The van der Waals surface area contributed by atoms with Crippen molar-refractivity contribution < 1.29 is 19.1 Å². The second kappa shape index (κ2) is 7.08. The van der Waals surface area contributed by atoms with Gasteiger partial charge in [0.05, 0.1) is 5.56 Å². The Morgan fingerprint density at radius 2 is 2.10 bits per heavy atom. The van der Waals surface area contributed by atoms with Gasteiger partial charge in [-0.1, -0.05) is 0 Å². The van der Waals surface area contributed by atoms with E-state index in [9.17, 15) is 9.59 Å². The molecule has 0 aliphatic carbocycles. The number of rotatable bonds is 4. The van der Waals surface area contributed by atoms with E-state index in [1.165, 1.54) is 0 Å². The summed E-state index contributed by atoms with van der Waals surface area (Å²) < 4.78 is 10.2. The first kappa shape index (κ1) is 15.3. The van der Waals surface area contributed by atoms with Crippen molar-refractivity contribution >= 4 is 17.6 Å². The Morgan fingerprint density at radius 1 is 1.38 bits per heavy atom. The highest BCUT2D eigenvalue weighted by atomic mass is 16.5. The summed E-state index contributed by atoms with van der Waals surface area (Å²) in [6.45, 7) is 2.83. The molecule has 1 aliphatic rings. The summed E-state index contributed by atoms with van der Waals surface area (Å²) in [4.78, 5) is 23.6. The van der Waals surface area contributed by atoms with Crippen molar-refractivity contribution in [2.45, 2.75) is 25.8 Å². The van der Waals surface area contributed by atoms with Crippen LogP contribution in [0.3, 0.4) is 0 Å². The quantitative estimate of drug-likeness (QED) is 0.639. The first-order chi connectivity index (χ1) is 10.1. The smallest absolute Gasteiger partial charge is 0.338 e. The number of ether oxygens (including phenoxy) is 2. The van der Waals surface area contributed by atoms with Crippen LogP contribution in [-0.4, -0.2) is 37.7 Å². The minimum atomic E-state index is -0.528. The number of nitrogen functional groups attached to an aromatic ring is 1. The standard InChI is InChI=1S/C15H20N2O4/c1-10-8-11(2-3-13(10)16)15(19)21-9-14(18)17-12-4-6-20-7-5-12/h2-3,8,12H,4-7,9,16H2,1H3,(H,17,18). The lowest BCUT2D eigenvalue weighted by Crippen LogP contribution is -2.41. The van der Waals surface area contributed by atoms with Gasteiger partial charge in [0.15, 0.2) is 6.61 Å². The number of benzene rings is 1. The van der Waals surface area contributed by atoms with E-state index in [0.29, 0.717) is 24.5 Å². The Bertz CT molecular complexity index is 524. The zero-order valence-corrected chi connectivity index (χ0v) is 12.1. The predicted octanol–water partition coefficient (Wildman–Crippen LogP) is 1.03. The van der Waals surface area contributed by atoms with Crippen LogP contribution in [-0.2, 0) is 14.3 Å². The van der Waals surface area contributed by atoms with Gasteiger partial charge in [0, 0.05) is 24.9 Å². The predicted molar refractivity (Wildman–Crippen MR) is 77.9 cm³/mol. The number of hydrogen-bond donors (Lipinski definition) is 2. The first-order valence-corrected chi connectivity index (χ1v) is 6.96. The van der Waals surface area contributed by atoms with Gasteiger partial charge in [-0.2, -0.15) is 0 Å². The second-order valence-electron chi connectivity index (χ2n) is 5.10. The lowest BCUT2D eigenvalue weighted by atomic mass is 10.1. The average Bonchev–Trinajstić information content (AvgIpc) is 2.48. The maximum atomic E-state index is 11.8. The molecule has 0 unspecified atom stereocenters. The number of esters is 1. The lowest BCUT2D eigenvalue weighted by molar-refractivity contribution is -0.125. The third-order valence-corrected chi connectivity index (χ3v) is 3.43. The molecule has 0 bridgehead atoms. The molecule has 2 rings (SSSR count). The molecule has 0 spiro atoms. The van der Waals surface area contributed by atoms with Crippen LogP contribution >= 0.6 is 0 Å². The monoisotopic (exact) mass is 292 g/mol. The van der Waals surface area contributed by atoms with E-state index in [1.54, 1.807) is 18.2 Å². The molecule has 6 nitrogen and oxygen atoms in total. The SMILES string of the molecule is Cc1cc(C(=O)OCC(=O)NC2CCOCC2)ccc1N. The number of anilines is 1. The van der Waals surface area contributed by atoms with Crippen molar-refractivity contribution in [1.29, 1.82) is 0 Å². The molecule has 6 heteroatoms. The Morgan fingerprint density at radius 3 is 2.76 bits per heavy atom. The molecule has 1 aromatic rings. The van der Waals surface area contributed by atoms with Crippen LogP contribution in [0.15, 0.2) is 18.2 Å². The minimum Gasteiger partial charge on any atom is -0.452 e. The minimum absolute atomic E-state index is 0.101. The molecular weight excluding hydrogens is 272 g/mol. The van der Waals surface area contributed by atoms with Gasteiger partial charge in [-0.05, 0) is 43.5 Å². The van der Waals surface area contributed by atoms with Crippen LogP contribution in [0.4, 0.5) is 5.69 Å². The van der Waals surface area contributed by atoms with E-state index in [4.69, 9.17) is 15.2 Å². The maximum Gasteiger partial charge on any atom is 0.338 e. The summed E-state index contributed by atoms with van der Waals surface area (Å²) in [7, 11) is 0. The normalized spacial score (nSPS) is 15.5. The van der Waals surface area contributed by atoms with Gasteiger partial charge in [0.2, 0.25) is 0 Å². The van der Waals surface area contributed by atoms with Gasteiger partial charge in [0.25, 0.3) is 5.91 Å². The molecule has 0 aromatic heterocycles. The van der Waals surface area contributed by atoms with Crippen molar-refractivity contribution in [3.8, 4) is 0 Å². The van der Waals surface area contributed by atoms with Crippen LogP contribution in [0.25, 0.3) is 0 Å². The van der Waals surface area contributed by atoms with E-state index >= 15 is 0 Å². The van der Waals surface area contributed by atoms with Gasteiger partial charge in [0.1, 0.15) is 0 Å². The van der Waals surface area contributed by atoms with Crippen LogP contribution in [0.1, 0.15) is 28.8 Å². The summed E-state index contributed by atoms with van der Waals surface area (Å²) in [6.07, 6.45) is 1.58. The van der Waals surface area contributed by atoms with E-state index in [1.807, 2.05) is 6.92 Å². The van der Waals surface area contributed by atoms with Crippen LogP contribution in [0.5, 0.6) is 0 Å². The second-order valence-corrected chi connectivity index (χ2v) is 5.10. The summed E-state index contributed by atoms with van der Waals surface area (Å²) >= 11 is 0. The van der Waals surface area contributed by atoms with E-state index in [-0.39, 0.29) is 18.6 Å². The average molecular weight is 292 g/mol. The number of amides is 1. The molecule has 1 aliphatic heterocycles. The van der Waals surface area contributed by atoms with Crippen LogP contribution in [0, 0.1) is 6.92 Å². The van der Waals surface area contributed by atoms with Crippen molar-refractivity contribution in [2.24, 2.45) is 0 Å². The highest BCUT2D eigenvalue weighted by Gasteiger charge is 2.17. The van der Waals surface area contributed by atoms with Crippen molar-refractivity contribution in [2.75, 3.05) is 25.6 Å². The van der Waals surface area contributed by atoms with E-state index in [0.717, 1.165) is 18.4 Å². The first-order valence-electron chi connectivity index (χ1n) is 6.96. The molecular formula is C15H20N2O4. The fourth-order valence-corrected chi connectivity index (χ4v) is 2.13. The Hall–Kier alpha value is -2.08.